The maximum Gasteiger partial charge on any atom is 0.309 e. The molecule has 2 atom stereocenters. The summed E-state index contributed by atoms with van der Waals surface area (Å²) in [5, 5.41) is 4.53. The minimum absolute atomic E-state index is 0.0804. The predicted octanol–water partition coefficient (Wildman–Crippen LogP) is 3.30. The fourth-order valence-corrected chi connectivity index (χ4v) is 4.54. The van der Waals surface area contributed by atoms with Crippen molar-refractivity contribution in [2.75, 3.05) is 13.2 Å². The zero-order valence-electron chi connectivity index (χ0n) is 18.4. The van der Waals surface area contributed by atoms with Gasteiger partial charge in [0.15, 0.2) is 0 Å². The highest BCUT2D eigenvalue weighted by molar-refractivity contribution is 5.91. The molecular formula is C24H31N3O3. The van der Waals surface area contributed by atoms with Gasteiger partial charge in [-0.25, -0.2) is 0 Å². The fourth-order valence-electron chi connectivity index (χ4n) is 4.54. The Morgan fingerprint density at radius 3 is 2.50 bits per heavy atom. The maximum atomic E-state index is 13.8. The van der Waals surface area contributed by atoms with E-state index < -0.39 is 5.41 Å². The van der Waals surface area contributed by atoms with Gasteiger partial charge in [-0.2, -0.15) is 5.10 Å². The van der Waals surface area contributed by atoms with Crippen LogP contribution in [0, 0.1) is 25.7 Å². The number of benzene rings is 1. The SMILES string of the molecule is CCOC(=O)C1CC1CN(Cc1c(C)nn(C)c1C)C(=O)C1(c2ccccc2)CC1. The molecule has 0 spiro atoms. The van der Waals surface area contributed by atoms with Gasteiger partial charge in [0, 0.05) is 31.4 Å². The molecule has 2 aromatic rings. The van der Waals surface area contributed by atoms with E-state index in [-0.39, 0.29) is 23.7 Å². The van der Waals surface area contributed by atoms with Crippen LogP contribution in [0.25, 0.3) is 0 Å². The van der Waals surface area contributed by atoms with Gasteiger partial charge in [-0.1, -0.05) is 30.3 Å². The summed E-state index contributed by atoms with van der Waals surface area (Å²) >= 11 is 0. The van der Waals surface area contributed by atoms with Crippen LogP contribution < -0.4 is 0 Å². The molecule has 30 heavy (non-hydrogen) atoms. The molecule has 2 unspecified atom stereocenters. The standard InChI is InChI=1S/C24H31N3O3/c1-5-30-22(28)20-13-18(20)14-27(15-21-16(2)25-26(4)17(21)3)23(29)24(11-12-24)19-9-7-6-8-10-19/h6-10,18,20H,5,11-15H2,1-4H3. The average Bonchev–Trinajstić information content (AvgIpc) is 3.65. The molecule has 1 aromatic carbocycles. The molecule has 0 saturated heterocycles. The number of aryl methyl sites for hydroxylation is 2. The van der Waals surface area contributed by atoms with Crippen LogP contribution in [0.2, 0.25) is 0 Å². The number of aromatic nitrogens is 2. The Bertz CT molecular complexity index is 946. The third-order valence-electron chi connectivity index (χ3n) is 6.75. The molecule has 6 heteroatoms. The summed E-state index contributed by atoms with van der Waals surface area (Å²) in [6.07, 6.45) is 2.55. The van der Waals surface area contributed by atoms with Crippen molar-refractivity contribution in [3.8, 4) is 0 Å². The molecule has 6 nitrogen and oxygen atoms in total. The number of carbonyl (C=O) groups is 2. The molecule has 160 valence electrons. The van der Waals surface area contributed by atoms with Crippen LogP contribution in [-0.2, 0) is 33.3 Å². The molecule has 0 radical (unpaired) electrons. The number of rotatable bonds is 8. The van der Waals surface area contributed by atoms with Gasteiger partial charge >= 0.3 is 5.97 Å². The van der Waals surface area contributed by atoms with E-state index in [1.807, 2.05) is 55.6 Å². The van der Waals surface area contributed by atoms with Crippen molar-refractivity contribution in [3.05, 3.63) is 52.8 Å². The van der Waals surface area contributed by atoms with E-state index in [0.717, 1.165) is 41.8 Å². The lowest BCUT2D eigenvalue weighted by atomic mass is 9.94. The summed E-state index contributed by atoms with van der Waals surface area (Å²) in [4.78, 5) is 27.9. The first-order chi connectivity index (χ1) is 14.4. The van der Waals surface area contributed by atoms with Gasteiger partial charge in [-0.05, 0) is 51.5 Å². The summed E-state index contributed by atoms with van der Waals surface area (Å²) in [5.41, 5.74) is 3.81. The molecule has 4 rings (SSSR count). The van der Waals surface area contributed by atoms with Crippen LogP contribution >= 0.6 is 0 Å². The number of hydrogen-bond donors (Lipinski definition) is 0. The zero-order chi connectivity index (χ0) is 21.5. The van der Waals surface area contributed by atoms with Crippen molar-refractivity contribution >= 4 is 11.9 Å². The second-order valence-corrected chi connectivity index (χ2v) is 8.76. The van der Waals surface area contributed by atoms with Crippen molar-refractivity contribution < 1.29 is 14.3 Å². The van der Waals surface area contributed by atoms with Gasteiger partial charge in [-0.15, -0.1) is 0 Å². The largest absolute Gasteiger partial charge is 0.466 e. The molecule has 0 aliphatic heterocycles. The van der Waals surface area contributed by atoms with Crippen LogP contribution in [0.3, 0.4) is 0 Å². The van der Waals surface area contributed by atoms with E-state index in [1.54, 1.807) is 0 Å². The highest BCUT2D eigenvalue weighted by atomic mass is 16.5. The number of nitrogens with zero attached hydrogens (tertiary/aromatic N) is 3. The first kappa shape index (κ1) is 20.6. The Kier molecular flexibility index (Phi) is 5.43. The van der Waals surface area contributed by atoms with Crippen LogP contribution in [0.4, 0.5) is 0 Å². The molecule has 2 saturated carbocycles. The normalized spacial score (nSPS) is 21.2. The molecule has 2 aliphatic rings. The summed E-state index contributed by atoms with van der Waals surface area (Å²) in [6, 6.07) is 10.1. The Balaban J connectivity index is 1.58. The number of carbonyl (C=O) groups excluding carboxylic acids is 2. The monoisotopic (exact) mass is 409 g/mol. The Hall–Kier alpha value is -2.63. The van der Waals surface area contributed by atoms with Gasteiger partial charge in [0.05, 0.1) is 23.6 Å². The minimum atomic E-state index is -0.417. The van der Waals surface area contributed by atoms with Crippen LogP contribution in [-0.4, -0.2) is 39.7 Å². The third-order valence-corrected chi connectivity index (χ3v) is 6.75. The molecule has 0 bridgehead atoms. The quantitative estimate of drug-likeness (QED) is 0.628. The predicted molar refractivity (Wildman–Crippen MR) is 114 cm³/mol. The lowest BCUT2D eigenvalue weighted by molar-refractivity contribution is -0.145. The van der Waals surface area contributed by atoms with Gasteiger partial charge in [-0.3, -0.25) is 14.3 Å². The van der Waals surface area contributed by atoms with Crippen LogP contribution in [0.1, 0.15) is 48.7 Å². The number of esters is 1. The summed E-state index contributed by atoms with van der Waals surface area (Å²) < 4.78 is 7.06. The molecule has 0 N–H and O–H groups in total. The maximum absolute atomic E-state index is 13.8. The molecular weight excluding hydrogens is 378 g/mol. The van der Waals surface area contributed by atoms with Crippen LogP contribution in [0.5, 0.6) is 0 Å². The van der Waals surface area contributed by atoms with E-state index in [4.69, 9.17) is 4.74 Å². The van der Waals surface area contributed by atoms with E-state index in [9.17, 15) is 9.59 Å². The van der Waals surface area contributed by atoms with Gasteiger partial charge in [0.1, 0.15) is 0 Å². The average molecular weight is 410 g/mol. The molecule has 1 heterocycles. The topological polar surface area (TPSA) is 64.4 Å². The Morgan fingerprint density at radius 1 is 1.23 bits per heavy atom. The van der Waals surface area contributed by atoms with Gasteiger partial charge in [0.2, 0.25) is 5.91 Å². The summed E-state index contributed by atoms with van der Waals surface area (Å²) in [5.74, 6) is 0.138. The number of ether oxygens (including phenoxy) is 1. The Labute approximate surface area is 178 Å². The van der Waals surface area contributed by atoms with Gasteiger partial charge < -0.3 is 9.64 Å². The number of hydrogen-bond acceptors (Lipinski definition) is 4. The second-order valence-electron chi connectivity index (χ2n) is 8.76. The molecule has 2 fully saturated rings. The van der Waals surface area contributed by atoms with E-state index in [2.05, 4.69) is 17.2 Å². The highest BCUT2D eigenvalue weighted by Crippen LogP contribution is 2.50. The van der Waals surface area contributed by atoms with Crippen molar-refractivity contribution in [3.63, 3.8) is 0 Å². The van der Waals surface area contributed by atoms with E-state index in [1.165, 1.54) is 0 Å². The lowest BCUT2D eigenvalue weighted by Gasteiger charge is -2.28. The van der Waals surface area contributed by atoms with Crippen LogP contribution in [0.15, 0.2) is 30.3 Å². The first-order valence-electron chi connectivity index (χ1n) is 10.9. The number of amides is 1. The highest BCUT2D eigenvalue weighted by Gasteiger charge is 2.54. The third kappa shape index (κ3) is 3.75. The van der Waals surface area contributed by atoms with Gasteiger partial charge in [0.25, 0.3) is 0 Å². The molecule has 1 amide bonds. The zero-order valence-corrected chi connectivity index (χ0v) is 18.4. The lowest BCUT2D eigenvalue weighted by Crippen LogP contribution is -2.40. The summed E-state index contributed by atoms with van der Waals surface area (Å²) in [7, 11) is 1.93. The minimum Gasteiger partial charge on any atom is -0.466 e. The second kappa shape index (κ2) is 7.89. The molecule has 1 aromatic heterocycles. The summed E-state index contributed by atoms with van der Waals surface area (Å²) in [6.45, 7) is 7.38. The Morgan fingerprint density at radius 2 is 1.93 bits per heavy atom. The van der Waals surface area contributed by atoms with E-state index >= 15 is 0 Å². The van der Waals surface area contributed by atoms with Crippen molar-refractivity contribution in [2.45, 2.75) is 52.0 Å². The van der Waals surface area contributed by atoms with E-state index in [0.29, 0.717) is 19.7 Å². The first-order valence-corrected chi connectivity index (χ1v) is 10.9. The molecule has 2 aliphatic carbocycles. The fraction of sp³-hybridized carbons (Fsp3) is 0.542. The van der Waals surface area contributed by atoms with Crippen molar-refractivity contribution in [2.24, 2.45) is 18.9 Å². The smallest absolute Gasteiger partial charge is 0.309 e. The van der Waals surface area contributed by atoms with Crippen molar-refractivity contribution in [1.29, 1.82) is 0 Å². The van der Waals surface area contributed by atoms with Crippen molar-refractivity contribution in [1.82, 2.24) is 14.7 Å².